The Balaban J connectivity index is 1.56. The number of hydrogen-bond donors (Lipinski definition) is 0. The summed E-state index contributed by atoms with van der Waals surface area (Å²) in [6.45, 7) is 1.68. The van der Waals surface area contributed by atoms with Crippen LogP contribution in [0, 0.1) is 12.7 Å². The smallest absolute Gasteiger partial charge is 0.247 e. The monoisotopic (exact) mass is 426 g/mol. The molecule has 0 unspecified atom stereocenters. The Hall–Kier alpha value is -3.95. The van der Waals surface area contributed by atoms with Gasteiger partial charge >= 0.3 is 0 Å². The molecule has 0 saturated carbocycles. The van der Waals surface area contributed by atoms with Crippen molar-refractivity contribution < 1.29 is 27.5 Å². The van der Waals surface area contributed by atoms with Gasteiger partial charge in [-0.2, -0.15) is 4.98 Å². The molecule has 160 valence electrons. The lowest BCUT2D eigenvalue weighted by Crippen LogP contribution is -1.96. The van der Waals surface area contributed by atoms with E-state index in [0.717, 1.165) is 0 Å². The number of hydrogen-bond acceptors (Lipinski definition) is 9. The first-order chi connectivity index (χ1) is 15.0. The van der Waals surface area contributed by atoms with Crippen molar-refractivity contribution in [3.05, 3.63) is 53.5 Å². The van der Waals surface area contributed by atoms with Crippen LogP contribution < -0.4 is 14.2 Å². The summed E-state index contributed by atoms with van der Waals surface area (Å²) >= 11 is 0. The van der Waals surface area contributed by atoms with E-state index in [9.17, 15) is 4.39 Å². The van der Waals surface area contributed by atoms with Gasteiger partial charge in [0.15, 0.2) is 11.5 Å². The maximum atomic E-state index is 13.8. The van der Waals surface area contributed by atoms with Crippen molar-refractivity contribution in [2.24, 2.45) is 0 Å². The summed E-state index contributed by atoms with van der Waals surface area (Å²) < 4.78 is 40.7. The minimum atomic E-state index is -0.343. The minimum absolute atomic E-state index is 0.124. The molecule has 9 nitrogen and oxygen atoms in total. The number of rotatable bonds is 7. The van der Waals surface area contributed by atoms with Crippen molar-refractivity contribution in [3.8, 4) is 40.1 Å². The van der Waals surface area contributed by atoms with Crippen molar-refractivity contribution in [2.75, 3.05) is 21.3 Å². The second-order valence-corrected chi connectivity index (χ2v) is 6.57. The van der Waals surface area contributed by atoms with E-state index in [1.54, 1.807) is 31.2 Å². The molecule has 2 heterocycles. The fraction of sp³-hybridized carbons (Fsp3) is 0.238. The Morgan fingerprint density at radius 1 is 0.903 bits per heavy atom. The van der Waals surface area contributed by atoms with Gasteiger partial charge in [0, 0.05) is 11.1 Å². The highest BCUT2D eigenvalue weighted by Crippen LogP contribution is 2.40. The van der Waals surface area contributed by atoms with Gasteiger partial charge in [0.25, 0.3) is 0 Å². The van der Waals surface area contributed by atoms with Crippen LogP contribution in [0.4, 0.5) is 4.39 Å². The molecule has 0 fully saturated rings. The average molecular weight is 426 g/mol. The van der Waals surface area contributed by atoms with Gasteiger partial charge in [-0.05, 0) is 36.8 Å². The number of benzene rings is 2. The second kappa shape index (κ2) is 8.42. The van der Waals surface area contributed by atoms with E-state index in [0.29, 0.717) is 39.8 Å². The zero-order valence-corrected chi connectivity index (χ0v) is 17.3. The lowest BCUT2D eigenvalue weighted by molar-refractivity contribution is 0.324. The number of aryl methyl sites for hydroxylation is 1. The first-order valence-electron chi connectivity index (χ1n) is 9.24. The van der Waals surface area contributed by atoms with Crippen molar-refractivity contribution >= 4 is 0 Å². The molecule has 0 spiro atoms. The maximum absolute atomic E-state index is 13.8. The molecule has 0 aliphatic heterocycles. The lowest BCUT2D eigenvalue weighted by Gasteiger charge is -2.12. The molecule has 0 N–H and O–H groups in total. The van der Waals surface area contributed by atoms with Gasteiger partial charge in [0.1, 0.15) is 12.2 Å². The van der Waals surface area contributed by atoms with Crippen LogP contribution in [0.2, 0.25) is 0 Å². The van der Waals surface area contributed by atoms with Crippen LogP contribution in [0.1, 0.15) is 17.3 Å². The van der Waals surface area contributed by atoms with Crippen LogP contribution in [-0.4, -0.2) is 41.7 Å². The topological polar surface area (TPSA) is 106 Å². The number of nitrogens with zero attached hydrogens (tertiary/aromatic N) is 4. The summed E-state index contributed by atoms with van der Waals surface area (Å²) in [6, 6.07) is 8.14. The third-order valence-electron chi connectivity index (χ3n) is 4.58. The molecule has 0 saturated heterocycles. The van der Waals surface area contributed by atoms with Crippen molar-refractivity contribution in [3.63, 3.8) is 0 Å². The zero-order valence-electron chi connectivity index (χ0n) is 17.3. The zero-order chi connectivity index (χ0) is 22.0. The normalized spacial score (nSPS) is 10.9. The molecule has 31 heavy (non-hydrogen) atoms. The van der Waals surface area contributed by atoms with Crippen LogP contribution in [0.15, 0.2) is 39.3 Å². The molecule has 4 rings (SSSR count). The predicted octanol–water partition coefficient (Wildman–Crippen LogP) is 3.85. The van der Waals surface area contributed by atoms with E-state index < -0.39 is 0 Å². The molecule has 0 aliphatic carbocycles. The highest BCUT2D eigenvalue weighted by atomic mass is 19.1. The molecule has 2 aromatic heterocycles. The minimum Gasteiger partial charge on any atom is -0.493 e. The predicted molar refractivity (Wildman–Crippen MR) is 107 cm³/mol. The highest BCUT2D eigenvalue weighted by Gasteiger charge is 2.19. The Kier molecular flexibility index (Phi) is 5.52. The fourth-order valence-corrected chi connectivity index (χ4v) is 2.95. The SMILES string of the molecule is COc1cc(-c2noc(Cc3nnc(-c4ccc(C)c(F)c4)o3)n2)cc(OC)c1OC. The Bertz CT molecular complexity index is 1200. The highest BCUT2D eigenvalue weighted by molar-refractivity contribution is 5.66. The van der Waals surface area contributed by atoms with Crippen LogP contribution in [-0.2, 0) is 6.42 Å². The lowest BCUT2D eigenvalue weighted by atomic mass is 10.1. The molecule has 0 amide bonds. The third-order valence-corrected chi connectivity index (χ3v) is 4.58. The van der Waals surface area contributed by atoms with E-state index in [1.807, 2.05) is 0 Å². The molecule has 0 radical (unpaired) electrons. The number of ether oxygens (including phenoxy) is 3. The molecule has 0 bridgehead atoms. The molecular formula is C21H19FN4O5. The molecule has 4 aromatic rings. The van der Waals surface area contributed by atoms with Gasteiger partial charge in [-0.3, -0.25) is 0 Å². The van der Waals surface area contributed by atoms with E-state index >= 15 is 0 Å². The molecule has 0 atom stereocenters. The molecule has 0 aliphatic rings. The van der Waals surface area contributed by atoms with Crippen molar-refractivity contribution in [1.29, 1.82) is 0 Å². The standard InChI is InChI=1S/C21H19FN4O5/c1-11-5-6-12(7-14(11)22)21-25-24-18(30-21)10-17-23-20(26-31-17)13-8-15(27-2)19(29-4)16(9-13)28-3/h5-9H,10H2,1-4H3. The second-order valence-electron chi connectivity index (χ2n) is 6.57. The van der Waals surface area contributed by atoms with Crippen LogP contribution in [0.25, 0.3) is 22.8 Å². The number of aromatic nitrogens is 4. The molecular weight excluding hydrogens is 407 g/mol. The van der Waals surface area contributed by atoms with E-state index in [-0.39, 0.29) is 29.9 Å². The first kappa shape index (κ1) is 20.3. The third kappa shape index (κ3) is 4.04. The largest absolute Gasteiger partial charge is 0.493 e. The Morgan fingerprint density at radius 3 is 2.29 bits per heavy atom. The van der Waals surface area contributed by atoms with Gasteiger partial charge < -0.3 is 23.2 Å². The molecule has 10 heteroatoms. The van der Waals surface area contributed by atoms with E-state index in [4.69, 9.17) is 23.2 Å². The summed E-state index contributed by atoms with van der Waals surface area (Å²) in [4.78, 5) is 4.37. The van der Waals surface area contributed by atoms with Crippen molar-refractivity contribution in [1.82, 2.24) is 20.3 Å². The summed E-state index contributed by atoms with van der Waals surface area (Å²) in [6.07, 6.45) is 0.124. The summed E-state index contributed by atoms with van der Waals surface area (Å²) in [5, 5.41) is 11.9. The van der Waals surface area contributed by atoms with Gasteiger partial charge in [0.05, 0.1) is 21.3 Å². The maximum Gasteiger partial charge on any atom is 0.247 e. The van der Waals surface area contributed by atoms with Gasteiger partial charge in [-0.1, -0.05) is 11.2 Å². The number of methoxy groups -OCH3 is 3. The average Bonchev–Trinajstić information content (AvgIpc) is 3.44. The summed E-state index contributed by atoms with van der Waals surface area (Å²) in [5.41, 5.74) is 1.64. The van der Waals surface area contributed by atoms with E-state index in [1.165, 1.54) is 27.4 Å². The van der Waals surface area contributed by atoms with Gasteiger partial charge in [-0.15, -0.1) is 10.2 Å². The van der Waals surface area contributed by atoms with Crippen LogP contribution in [0.3, 0.4) is 0 Å². The quantitative estimate of drug-likeness (QED) is 0.435. The fourth-order valence-electron chi connectivity index (χ4n) is 2.95. The molecule has 2 aromatic carbocycles. The van der Waals surface area contributed by atoms with E-state index in [2.05, 4.69) is 20.3 Å². The summed E-state index contributed by atoms with van der Waals surface area (Å²) in [5.74, 6) is 2.12. The van der Waals surface area contributed by atoms with Crippen LogP contribution >= 0.6 is 0 Å². The van der Waals surface area contributed by atoms with Gasteiger partial charge in [0.2, 0.25) is 29.2 Å². The summed E-state index contributed by atoms with van der Waals surface area (Å²) in [7, 11) is 4.57. The Morgan fingerprint density at radius 2 is 1.65 bits per heavy atom. The Labute approximate surface area is 176 Å². The first-order valence-corrected chi connectivity index (χ1v) is 9.24. The van der Waals surface area contributed by atoms with Crippen molar-refractivity contribution in [2.45, 2.75) is 13.3 Å². The van der Waals surface area contributed by atoms with Gasteiger partial charge in [-0.25, -0.2) is 4.39 Å². The number of halogens is 1. The van der Waals surface area contributed by atoms with Crippen LogP contribution in [0.5, 0.6) is 17.2 Å².